The molecule has 1 aliphatic heterocycles. The average molecular weight is 264 g/mol. The first-order valence-electron chi connectivity index (χ1n) is 7.09. The third-order valence-corrected chi connectivity index (χ3v) is 3.71. The molecule has 1 N–H and O–H groups in total. The fourth-order valence-electron chi connectivity index (χ4n) is 2.51. The number of nitrogens with zero attached hydrogens (tertiary/aromatic N) is 2. The van der Waals surface area contributed by atoms with Crippen LogP contribution in [0.1, 0.15) is 24.7 Å². The maximum atomic E-state index is 10.0. The standard InChI is InChI=1S/C15H24N2O2/c1-3-17(9-13-11-19-8-7-15(13)18)10-14-6-4-5-12(2)16-14/h4-6,13,15,18H,3,7-11H2,1-2H3. The summed E-state index contributed by atoms with van der Waals surface area (Å²) in [5.41, 5.74) is 2.14. The summed E-state index contributed by atoms with van der Waals surface area (Å²) in [4.78, 5) is 6.86. The van der Waals surface area contributed by atoms with Gasteiger partial charge in [0.25, 0.3) is 0 Å². The molecule has 2 rings (SSSR count). The van der Waals surface area contributed by atoms with Gasteiger partial charge in [0.2, 0.25) is 0 Å². The lowest BCUT2D eigenvalue weighted by Crippen LogP contribution is -2.40. The van der Waals surface area contributed by atoms with Gasteiger partial charge in [0.05, 0.1) is 18.4 Å². The highest BCUT2D eigenvalue weighted by atomic mass is 16.5. The topological polar surface area (TPSA) is 45.6 Å². The molecule has 1 saturated heterocycles. The summed E-state index contributed by atoms with van der Waals surface area (Å²) >= 11 is 0. The minimum absolute atomic E-state index is 0.221. The molecule has 1 aromatic heterocycles. The lowest BCUT2D eigenvalue weighted by atomic mass is 9.98. The zero-order valence-corrected chi connectivity index (χ0v) is 11.9. The van der Waals surface area contributed by atoms with Crippen LogP contribution in [0.5, 0.6) is 0 Å². The summed E-state index contributed by atoms with van der Waals surface area (Å²) in [6.45, 7) is 8.17. The highest BCUT2D eigenvalue weighted by molar-refractivity contribution is 5.09. The van der Waals surface area contributed by atoms with Crippen molar-refractivity contribution in [2.45, 2.75) is 32.9 Å². The third kappa shape index (κ3) is 4.27. The summed E-state index contributed by atoms with van der Waals surface area (Å²) in [7, 11) is 0. The third-order valence-electron chi connectivity index (χ3n) is 3.71. The van der Waals surface area contributed by atoms with Crippen molar-refractivity contribution in [1.29, 1.82) is 0 Å². The molecule has 2 unspecified atom stereocenters. The van der Waals surface area contributed by atoms with Crippen LogP contribution in [0, 0.1) is 12.8 Å². The molecule has 1 fully saturated rings. The van der Waals surface area contributed by atoms with Crippen molar-refractivity contribution in [1.82, 2.24) is 9.88 Å². The van der Waals surface area contributed by atoms with Crippen LogP contribution in [-0.2, 0) is 11.3 Å². The molecule has 0 amide bonds. The van der Waals surface area contributed by atoms with E-state index in [1.807, 2.05) is 19.1 Å². The molecule has 0 saturated carbocycles. The maximum Gasteiger partial charge on any atom is 0.0624 e. The zero-order chi connectivity index (χ0) is 13.7. The molecule has 0 aliphatic carbocycles. The fourth-order valence-corrected chi connectivity index (χ4v) is 2.51. The highest BCUT2D eigenvalue weighted by Gasteiger charge is 2.25. The number of pyridine rings is 1. The Kier molecular flexibility index (Phi) is 5.31. The van der Waals surface area contributed by atoms with E-state index in [0.717, 1.165) is 37.4 Å². The van der Waals surface area contributed by atoms with Gasteiger partial charge in [0, 0.05) is 31.3 Å². The second kappa shape index (κ2) is 6.98. The summed E-state index contributed by atoms with van der Waals surface area (Å²) in [6, 6.07) is 6.12. The van der Waals surface area contributed by atoms with Gasteiger partial charge in [-0.1, -0.05) is 13.0 Å². The molecular weight excluding hydrogens is 240 g/mol. The summed E-state index contributed by atoms with van der Waals surface area (Å²) < 4.78 is 5.46. The van der Waals surface area contributed by atoms with E-state index in [1.165, 1.54) is 0 Å². The molecular formula is C15H24N2O2. The Bertz CT molecular complexity index is 397. The van der Waals surface area contributed by atoms with E-state index in [1.54, 1.807) is 0 Å². The molecule has 2 heterocycles. The predicted octanol–water partition coefficient (Wildman–Crippen LogP) is 1.61. The monoisotopic (exact) mass is 264 g/mol. The average Bonchev–Trinajstić information content (AvgIpc) is 2.40. The van der Waals surface area contributed by atoms with E-state index in [2.05, 4.69) is 22.9 Å². The second-order valence-corrected chi connectivity index (χ2v) is 5.29. The van der Waals surface area contributed by atoms with E-state index >= 15 is 0 Å². The van der Waals surface area contributed by atoms with Gasteiger partial charge in [-0.15, -0.1) is 0 Å². The minimum atomic E-state index is -0.228. The van der Waals surface area contributed by atoms with Crippen LogP contribution in [0.3, 0.4) is 0 Å². The Labute approximate surface area is 115 Å². The van der Waals surface area contributed by atoms with Gasteiger partial charge >= 0.3 is 0 Å². The first kappa shape index (κ1) is 14.4. The maximum absolute atomic E-state index is 10.0. The lowest BCUT2D eigenvalue weighted by Gasteiger charge is -2.32. The number of aryl methyl sites for hydroxylation is 1. The van der Waals surface area contributed by atoms with E-state index in [0.29, 0.717) is 13.2 Å². The molecule has 1 aromatic rings. The number of hydrogen-bond donors (Lipinski definition) is 1. The summed E-state index contributed by atoms with van der Waals surface area (Å²) in [5.74, 6) is 0.221. The molecule has 0 radical (unpaired) electrons. The van der Waals surface area contributed by atoms with E-state index in [-0.39, 0.29) is 12.0 Å². The van der Waals surface area contributed by atoms with Gasteiger partial charge in [0.1, 0.15) is 0 Å². The van der Waals surface area contributed by atoms with Crippen LogP contribution in [0.2, 0.25) is 0 Å². The van der Waals surface area contributed by atoms with Gasteiger partial charge in [-0.3, -0.25) is 9.88 Å². The Morgan fingerprint density at radius 3 is 3.00 bits per heavy atom. The smallest absolute Gasteiger partial charge is 0.0624 e. The lowest BCUT2D eigenvalue weighted by molar-refractivity contribution is -0.0470. The van der Waals surface area contributed by atoms with Gasteiger partial charge in [-0.25, -0.2) is 0 Å². The number of rotatable bonds is 5. The highest BCUT2D eigenvalue weighted by Crippen LogP contribution is 2.17. The van der Waals surface area contributed by atoms with E-state index in [9.17, 15) is 5.11 Å². The van der Waals surface area contributed by atoms with Gasteiger partial charge in [-0.2, -0.15) is 0 Å². The van der Waals surface area contributed by atoms with Crippen molar-refractivity contribution < 1.29 is 9.84 Å². The van der Waals surface area contributed by atoms with Crippen LogP contribution in [0.25, 0.3) is 0 Å². The number of ether oxygens (including phenoxy) is 1. The first-order valence-corrected chi connectivity index (χ1v) is 7.09. The Balaban J connectivity index is 1.92. The minimum Gasteiger partial charge on any atom is -0.393 e. The SMILES string of the molecule is CCN(Cc1cccc(C)n1)CC1COCCC1O. The molecule has 2 atom stereocenters. The molecule has 0 spiro atoms. The molecule has 106 valence electrons. The normalized spacial score (nSPS) is 23.8. The number of hydrogen-bond acceptors (Lipinski definition) is 4. The molecule has 4 nitrogen and oxygen atoms in total. The Hall–Kier alpha value is -0.970. The zero-order valence-electron chi connectivity index (χ0n) is 11.9. The quantitative estimate of drug-likeness (QED) is 0.877. The second-order valence-electron chi connectivity index (χ2n) is 5.29. The van der Waals surface area contributed by atoms with Crippen LogP contribution >= 0.6 is 0 Å². The predicted molar refractivity (Wildman–Crippen MR) is 74.9 cm³/mol. The van der Waals surface area contributed by atoms with Crippen molar-refractivity contribution in [3.63, 3.8) is 0 Å². The Morgan fingerprint density at radius 1 is 1.47 bits per heavy atom. The van der Waals surface area contributed by atoms with Crippen molar-refractivity contribution in [3.05, 3.63) is 29.6 Å². The van der Waals surface area contributed by atoms with Gasteiger partial charge in [-0.05, 0) is 32.0 Å². The van der Waals surface area contributed by atoms with Crippen LogP contribution in [0.4, 0.5) is 0 Å². The summed E-state index contributed by atoms with van der Waals surface area (Å²) in [6.07, 6.45) is 0.526. The van der Waals surface area contributed by atoms with Crippen molar-refractivity contribution in [3.8, 4) is 0 Å². The van der Waals surface area contributed by atoms with Crippen LogP contribution in [-0.4, -0.2) is 47.4 Å². The Morgan fingerprint density at radius 2 is 2.32 bits per heavy atom. The van der Waals surface area contributed by atoms with Crippen molar-refractivity contribution in [2.24, 2.45) is 5.92 Å². The molecule has 0 bridgehead atoms. The first-order chi connectivity index (χ1) is 9.19. The molecule has 0 aromatic carbocycles. The van der Waals surface area contributed by atoms with E-state index in [4.69, 9.17) is 4.74 Å². The largest absolute Gasteiger partial charge is 0.393 e. The molecule has 19 heavy (non-hydrogen) atoms. The van der Waals surface area contributed by atoms with E-state index < -0.39 is 0 Å². The molecule has 1 aliphatic rings. The summed E-state index contributed by atoms with van der Waals surface area (Å²) in [5, 5.41) is 10.0. The fraction of sp³-hybridized carbons (Fsp3) is 0.667. The van der Waals surface area contributed by atoms with Crippen molar-refractivity contribution in [2.75, 3.05) is 26.3 Å². The van der Waals surface area contributed by atoms with Gasteiger partial charge in [0.15, 0.2) is 0 Å². The van der Waals surface area contributed by atoms with Crippen molar-refractivity contribution >= 4 is 0 Å². The van der Waals surface area contributed by atoms with Gasteiger partial charge < -0.3 is 9.84 Å². The molecule has 4 heteroatoms. The van der Waals surface area contributed by atoms with Crippen LogP contribution in [0.15, 0.2) is 18.2 Å². The van der Waals surface area contributed by atoms with Crippen LogP contribution < -0.4 is 0 Å². The number of aromatic nitrogens is 1. The number of aliphatic hydroxyl groups excluding tert-OH is 1. The number of aliphatic hydroxyl groups is 1.